The summed E-state index contributed by atoms with van der Waals surface area (Å²) >= 11 is 0. The number of aliphatic hydroxyl groups excluding tert-OH is 3. The average Bonchev–Trinajstić information content (AvgIpc) is 2.70. The molecule has 0 amide bonds. The maximum absolute atomic E-state index is 12.4. The number of carbonyl (C=O) groups excluding carboxylic acids is 1. The quantitative estimate of drug-likeness (QED) is 0.155. The van der Waals surface area contributed by atoms with Crippen LogP contribution in [0.1, 0.15) is 59.3 Å². The molecule has 7 nitrogen and oxygen atoms in total. The van der Waals surface area contributed by atoms with E-state index in [1.54, 1.807) is 0 Å². The van der Waals surface area contributed by atoms with E-state index in [0.717, 1.165) is 5.57 Å². The number of fused-ring (bicyclic) bond motifs is 1. The van der Waals surface area contributed by atoms with Crippen LogP contribution in [0.15, 0.2) is 23.8 Å². The van der Waals surface area contributed by atoms with Crippen molar-refractivity contribution < 1.29 is 64.6 Å². The van der Waals surface area contributed by atoms with Crippen LogP contribution in [0.5, 0.6) is 0 Å². The van der Waals surface area contributed by atoms with Gasteiger partial charge in [0.2, 0.25) is 0 Å². The minimum Gasteiger partial charge on any atom is -0.723 e. The molecule has 2 rings (SSSR count). The summed E-state index contributed by atoms with van der Waals surface area (Å²) in [6.45, 7) is 5.82. The molecule has 2 aliphatic carbocycles. The summed E-state index contributed by atoms with van der Waals surface area (Å²) in [5.41, 5.74) is 0.987. The van der Waals surface area contributed by atoms with Crippen LogP contribution in [-0.2, 0) is 14.4 Å². The molecule has 0 radical (unpaired) electrons. The van der Waals surface area contributed by atoms with Gasteiger partial charge >= 0.3 is 35.5 Å². The van der Waals surface area contributed by atoms with Crippen LogP contribution in [0.3, 0.4) is 0 Å². The first-order valence-electron chi connectivity index (χ1n) is 11.2. The van der Waals surface area contributed by atoms with Crippen molar-refractivity contribution >= 4 is 5.97 Å². The van der Waals surface area contributed by atoms with Crippen molar-refractivity contribution in [2.45, 2.75) is 83.7 Å². The van der Waals surface area contributed by atoms with Gasteiger partial charge in [0, 0.05) is 18.9 Å². The second kappa shape index (κ2) is 14.1. The molecule has 8 heteroatoms. The molecule has 31 heavy (non-hydrogen) atoms. The number of carbonyl (C=O) groups is 1. The van der Waals surface area contributed by atoms with E-state index >= 15 is 0 Å². The Hall–Kier alpha value is -0.250. The molecule has 0 bridgehead atoms. The van der Waals surface area contributed by atoms with Crippen molar-refractivity contribution in [3.8, 4) is 0 Å². The van der Waals surface area contributed by atoms with E-state index in [0.29, 0.717) is 25.7 Å². The third-order valence-corrected chi connectivity index (χ3v) is 6.57. The number of hydrogen-bond acceptors (Lipinski definition) is 7. The fourth-order valence-electron chi connectivity index (χ4n) is 4.54. The van der Waals surface area contributed by atoms with Crippen LogP contribution < -0.4 is 34.8 Å². The fourth-order valence-corrected chi connectivity index (χ4v) is 4.54. The molecule has 0 saturated carbocycles. The SMILES string of the molecule is CCC(C)C(=O)OC1CC(O)C=C2C=CC(C)C(CC[C@@H](O)CC(O)CCO[O-])C21.[Na+]. The zero-order chi connectivity index (χ0) is 22.3. The molecule has 8 atom stereocenters. The minimum absolute atomic E-state index is 0. The van der Waals surface area contributed by atoms with Crippen LogP contribution in [0.4, 0.5) is 0 Å². The average molecular weight is 449 g/mol. The molecule has 172 valence electrons. The van der Waals surface area contributed by atoms with Gasteiger partial charge in [0.1, 0.15) is 6.10 Å². The largest absolute Gasteiger partial charge is 1.00 e. The van der Waals surface area contributed by atoms with E-state index in [9.17, 15) is 25.4 Å². The third kappa shape index (κ3) is 8.55. The zero-order valence-corrected chi connectivity index (χ0v) is 21.3. The first-order valence-corrected chi connectivity index (χ1v) is 11.2. The number of esters is 1. The topological polar surface area (TPSA) is 119 Å². The number of rotatable bonds is 11. The minimum atomic E-state index is -0.776. The maximum Gasteiger partial charge on any atom is 1.00 e. The molecule has 0 aliphatic heterocycles. The summed E-state index contributed by atoms with van der Waals surface area (Å²) in [4.78, 5) is 16.2. The zero-order valence-electron chi connectivity index (χ0n) is 19.3. The van der Waals surface area contributed by atoms with Crippen molar-refractivity contribution in [1.82, 2.24) is 0 Å². The van der Waals surface area contributed by atoms with Crippen molar-refractivity contribution in [1.29, 1.82) is 0 Å². The summed E-state index contributed by atoms with van der Waals surface area (Å²) in [7, 11) is 0. The van der Waals surface area contributed by atoms with E-state index in [4.69, 9.17) is 4.74 Å². The third-order valence-electron chi connectivity index (χ3n) is 6.57. The Balaban J connectivity index is 0.00000480. The molecule has 0 aromatic heterocycles. The molecular formula is C23H37NaO7. The van der Waals surface area contributed by atoms with Gasteiger partial charge in [0.25, 0.3) is 0 Å². The number of hydrogen-bond donors (Lipinski definition) is 3. The summed E-state index contributed by atoms with van der Waals surface area (Å²) in [6.07, 6.45) is 6.13. The molecule has 7 unspecified atom stereocenters. The number of ether oxygens (including phenoxy) is 1. The van der Waals surface area contributed by atoms with Gasteiger partial charge in [-0.25, -0.2) is 0 Å². The van der Waals surface area contributed by atoms with E-state index in [1.807, 2.05) is 26.0 Å². The van der Waals surface area contributed by atoms with Gasteiger partial charge in [-0.2, -0.15) is 0 Å². The fraction of sp³-hybridized carbons (Fsp3) is 0.783. The van der Waals surface area contributed by atoms with Crippen LogP contribution in [0, 0.1) is 23.7 Å². The van der Waals surface area contributed by atoms with Crippen LogP contribution in [0.25, 0.3) is 0 Å². The van der Waals surface area contributed by atoms with Crippen molar-refractivity contribution in [2.75, 3.05) is 6.61 Å². The summed E-state index contributed by atoms with van der Waals surface area (Å²) < 4.78 is 5.86. The molecule has 0 aromatic rings. The standard InChI is InChI=1S/C23H38O7.Na/c1-4-14(2)23(27)30-21-13-19(26)11-16-6-5-15(3)20(22(16)21)8-7-17(24)12-18(25)9-10-29-28;/h5-6,11,14-15,17-22,24-26,28H,4,7-10,12-13H2,1-3H3;/q;+1/p-1/t14?,15?,17-,18?,19?,20?,21?,22?;/m1./s1. The first kappa shape index (κ1) is 28.8. The number of allylic oxidation sites excluding steroid dienone is 2. The predicted molar refractivity (Wildman–Crippen MR) is 110 cm³/mol. The maximum atomic E-state index is 12.4. The van der Waals surface area contributed by atoms with Gasteiger partial charge in [0.15, 0.2) is 0 Å². The Morgan fingerprint density at radius 3 is 2.61 bits per heavy atom. The molecule has 0 fully saturated rings. The normalized spacial score (nSPS) is 30.4. The van der Waals surface area contributed by atoms with E-state index in [2.05, 4.69) is 17.9 Å². The van der Waals surface area contributed by atoms with Gasteiger partial charge in [-0.1, -0.05) is 39.0 Å². The smallest absolute Gasteiger partial charge is 0.723 e. The summed E-state index contributed by atoms with van der Waals surface area (Å²) in [5, 5.41) is 40.6. The second-order valence-electron chi connectivity index (χ2n) is 8.89. The van der Waals surface area contributed by atoms with Gasteiger partial charge < -0.3 is 30.2 Å². The Labute approximate surface area is 207 Å². The van der Waals surface area contributed by atoms with Gasteiger partial charge in [-0.15, -0.1) is 0 Å². The predicted octanol–water partition coefficient (Wildman–Crippen LogP) is -1.35. The van der Waals surface area contributed by atoms with Crippen LogP contribution in [0.2, 0.25) is 0 Å². The first-order chi connectivity index (χ1) is 14.3. The Kier molecular flexibility index (Phi) is 13.1. The van der Waals surface area contributed by atoms with Crippen molar-refractivity contribution in [3.05, 3.63) is 23.8 Å². The Bertz CT molecular complexity index is 609. The molecule has 2 aliphatic rings. The van der Waals surface area contributed by atoms with Crippen molar-refractivity contribution in [3.63, 3.8) is 0 Å². The summed E-state index contributed by atoms with van der Waals surface area (Å²) in [6, 6.07) is 0. The molecule has 3 N–H and O–H groups in total. The second-order valence-corrected chi connectivity index (χ2v) is 8.89. The number of aliphatic hydroxyl groups is 3. The summed E-state index contributed by atoms with van der Waals surface area (Å²) in [5.74, 6) is -0.0561. The van der Waals surface area contributed by atoms with Crippen LogP contribution >= 0.6 is 0 Å². The molecule has 0 aromatic carbocycles. The molecule has 0 spiro atoms. The van der Waals surface area contributed by atoms with Crippen molar-refractivity contribution in [2.24, 2.45) is 23.7 Å². The van der Waals surface area contributed by atoms with E-state index in [1.165, 1.54) is 0 Å². The monoisotopic (exact) mass is 448 g/mol. The van der Waals surface area contributed by atoms with E-state index < -0.39 is 24.4 Å². The van der Waals surface area contributed by atoms with E-state index in [-0.39, 0.29) is 78.6 Å². The molecule has 0 saturated heterocycles. The van der Waals surface area contributed by atoms with Crippen LogP contribution in [-0.4, -0.2) is 52.3 Å². The van der Waals surface area contributed by atoms with Gasteiger partial charge in [-0.05, 0) is 49.5 Å². The Morgan fingerprint density at radius 2 is 1.97 bits per heavy atom. The molecule has 0 heterocycles. The van der Waals surface area contributed by atoms with Gasteiger partial charge in [-0.3, -0.25) is 4.79 Å². The van der Waals surface area contributed by atoms with Gasteiger partial charge in [0.05, 0.1) is 24.2 Å². The Morgan fingerprint density at radius 1 is 1.29 bits per heavy atom. The molecular weight excluding hydrogens is 411 g/mol.